The minimum Gasteiger partial charge on any atom is -0.497 e. The summed E-state index contributed by atoms with van der Waals surface area (Å²) in [5, 5.41) is 1.03. The Labute approximate surface area is 153 Å². The maximum atomic E-state index is 13.4. The highest BCUT2D eigenvalue weighted by Crippen LogP contribution is 2.33. The lowest BCUT2D eigenvalue weighted by Gasteiger charge is -2.35. The predicted octanol–water partition coefficient (Wildman–Crippen LogP) is 4.25. The fraction of sp³-hybridized carbons (Fsp3) is 0.333. The topological polar surface area (TPSA) is 58.2 Å². The number of hydrogen-bond acceptors (Lipinski definition) is 3. The molecular weight excluding hydrogens is 326 g/mol. The molecule has 0 bridgehead atoms. The molecule has 5 heteroatoms. The van der Waals surface area contributed by atoms with E-state index in [-0.39, 0.29) is 11.9 Å². The van der Waals surface area contributed by atoms with Crippen molar-refractivity contribution in [3.8, 4) is 5.75 Å². The van der Waals surface area contributed by atoms with Crippen molar-refractivity contribution in [3.63, 3.8) is 0 Å². The first kappa shape index (κ1) is 16.6. The van der Waals surface area contributed by atoms with Crippen LogP contribution in [0.4, 0.5) is 0 Å². The summed E-state index contributed by atoms with van der Waals surface area (Å²) in [6.45, 7) is 2.77. The number of piperidine rings is 1. The number of benzene rings is 1. The minimum atomic E-state index is 0.0613. The number of hydrogen-bond donors (Lipinski definition) is 1. The quantitative estimate of drug-likeness (QED) is 0.769. The molecule has 0 spiro atoms. The Bertz CT molecular complexity index is 933. The van der Waals surface area contributed by atoms with Crippen LogP contribution in [0.5, 0.6) is 5.75 Å². The lowest BCUT2D eigenvalue weighted by atomic mass is 9.95. The molecule has 1 aromatic carbocycles. The van der Waals surface area contributed by atoms with E-state index in [1.165, 1.54) is 0 Å². The van der Waals surface area contributed by atoms with E-state index in [0.29, 0.717) is 5.69 Å². The smallest absolute Gasteiger partial charge is 0.271 e. The monoisotopic (exact) mass is 349 g/mol. The van der Waals surface area contributed by atoms with Crippen LogP contribution in [-0.2, 0) is 0 Å². The van der Waals surface area contributed by atoms with Crippen molar-refractivity contribution in [2.75, 3.05) is 13.7 Å². The molecule has 0 aliphatic carbocycles. The van der Waals surface area contributed by atoms with Crippen molar-refractivity contribution in [1.29, 1.82) is 0 Å². The van der Waals surface area contributed by atoms with Crippen LogP contribution in [0.3, 0.4) is 0 Å². The average Bonchev–Trinajstić information content (AvgIpc) is 3.04. The highest BCUT2D eigenvalue weighted by molar-refractivity contribution is 6.01. The Hall–Kier alpha value is -2.82. The molecular formula is C21H23N3O2. The number of carbonyl (C=O) groups excluding carboxylic acids is 1. The van der Waals surface area contributed by atoms with Crippen LogP contribution >= 0.6 is 0 Å². The summed E-state index contributed by atoms with van der Waals surface area (Å²) in [6, 6.07) is 9.94. The molecule has 5 nitrogen and oxygen atoms in total. The largest absolute Gasteiger partial charge is 0.497 e. The van der Waals surface area contributed by atoms with E-state index < -0.39 is 0 Å². The Morgan fingerprint density at radius 1 is 1.31 bits per heavy atom. The zero-order valence-electron chi connectivity index (χ0n) is 15.2. The Balaban J connectivity index is 1.71. The number of methoxy groups -OCH3 is 1. The third kappa shape index (κ3) is 2.83. The van der Waals surface area contributed by atoms with Crippen molar-refractivity contribution in [2.45, 2.75) is 32.2 Å². The van der Waals surface area contributed by atoms with E-state index in [1.54, 1.807) is 13.3 Å². The summed E-state index contributed by atoms with van der Waals surface area (Å²) in [5.41, 5.74) is 3.71. The summed E-state index contributed by atoms with van der Waals surface area (Å²) in [6.07, 6.45) is 6.79. The first-order chi connectivity index (χ1) is 12.7. The zero-order chi connectivity index (χ0) is 18.1. The predicted molar refractivity (Wildman–Crippen MR) is 101 cm³/mol. The van der Waals surface area contributed by atoms with Gasteiger partial charge in [-0.2, -0.15) is 0 Å². The number of rotatable bonds is 3. The summed E-state index contributed by atoms with van der Waals surface area (Å²) in [5.74, 6) is 0.857. The Morgan fingerprint density at radius 2 is 2.19 bits per heavy atom. The number of aromatic amines is 1. The minimum absolute atomic E-state index is 0.0613. The molecule has 3 heterocycles. The van der Waals surface area contributed by atoms with Crippen molar-refractivity contribution >= 4 is 16.8 Å². The fourth-order valence-electron chi connectivity index (χ4n) is 3.88. The molecule has 0 unspecified atom stereocenters. The molecule has 4 rings (SSSR count). The molecule has 134 valence electrons. The Kier molecular flexibility index (Phi) is 4.37. The van der Waals surface area contributed by atoms with Gasteiger partial charge in [0.25, 0.3) is 5.91 Å². The summed E-state index contributed by atoms with van der Waals surface area (Å²) >= 11 is 0. The Morgan fingerprint density at radius 3 is 2.96 bits per heavy atom. The lowest BCUT2D eigenvalue weighted by Crippen LogP contribution is -2.39. The normalized spacial score (nSPS) is 17.5. The average molecular weight is 349 g/mol. The van der Waals surface area contributed by atoms with E-state index in [9.17, 15) is 4.79 Å². The zero-order valence-corrected chi connectivity index (χ0v) is 15.2. The van der Waals surface area contributed by atoms with Crippen molar-refractivity contribution in [3.05, 3.63) is 59.5 Å². The van der Waals surface area contributed by atoms with Gasteiger partial charge >= 0.3 is 0 Å². The van der Waals surface area contributed by atoms with E-state index in [0.717, 1.165) is 53.6 Å². The van der Waals surface area contributed by atoms with Gasteiger partial charge < -0.3 is 14.6 Å². The van der Waals surface area contributed by atoms with Crippen LogP contribution in [0, 0.1) is 6.92 Å². The van der Waals surface area contributed by atoms with E-state index in [2.05, 4.69) is 16.0 Å². The number of aromatic nitrogens is 2. The van der Waals surface area contributed by atoms with Gasteiger partial charge in [-0.1, -0.05) is 6.07 Å². The van der Waals surface area contributed by atoms with Crippen LogP contribution in [0.1, 0.15) is 46.9 Å². The van der Waals surface area contributed by atoms with Gasteiger partial charge in [-0.15, -0.1) is 0 Å². The van der Waals surface area contributed by atoms with Gasteiger partial charge in [-0.25, -0.2) is 0 Å². The second-order valence-corrected chi connectivity index (χ2v) is 6.83. The third-order valence-electron chi connectivity index (χ3n) is 5.31. The molecule has 26 heavy (non-hydrogen) atoms. The fourth-order valence-corrected chi connectivity index (χ4v) is 3.88. The van der Waals surface area contributed by atoms with Crippen LogP contribution in [0.15, 0.2) is 42.7 Å². The van der Waals surface area contributed by atoms with Gasteiger partial charge in [0.1, 0.15) is 11.4 Å². The number of pyridine rings is 1. The number of ether oxygens (including phenoxy) is 1. The molecule has 1 aliphatic heterocycles. The summed E-state index contributed by atoms with van der Waals surface area (Å²) in [4.78, 5) is 22.9. The van der Waals surface area contributed by atoms with Crippen LogP contribution in [0.25, 0.3) is 10.9 Å². The number of nitrogens with one attached hydrogen (secondary N) is 1. The van der Waals surface area contributed by atoms with Gasteiger partial charge in [0.2, 0.25) is 0 Å². The second-order valence-electron chi connectivity index (χ2n) is 6.83. The number of carbonyl (C=O) groups is 1. The van der Waals surface area contributed by atoms with Crippen molar-refractivity contribution in [1.82, 2.24) is 14.9 Å². The number of nitrogens with zero attached hydrogens (tertiary/aromatic N) is 2. The third-order valence-corrected chi connectivity index (χ3v) is 5.31. The highest BCUT2D eigenvalue weighted by atomic mass is 16.5. The van der Waals surface area contributed by atoms with Crippen molar-refractivity contribution < 1.29 is 9.53 Å². The maximum Gasteiger partial charge on any atom is 0.271 e. The molecule has 1 saturated heterocycles. The van der Waals surface area contributed by atoms with Crippen LogP contribution in [0.2, 0.25) is 0 Å². The molecule has 2 aromatic heterocycles. The molecule has 1 fully saturated rings. The summed E-state index contributed by atoms with van der Waals surface area (Å²) in [7, 11) is 1.65. The maximum absolute atomic E-state index is 13.4. The molecule has 0 radical (unpaired) electrons. The van der Waals surface area contributed by atoms with E-state index in [1.807, 2.05) is 42.3 Å². The van der Waals surface area contributed by atoms with Gasteiger partial charge in [-0.05, 0) is 61.6 Å². The number of amides is 1. The van der Waals surface area contributed by atoms with Crippen LogP contribution < -0.4 is 4.74 Å². The molecule has 1 N–H and O–H groups in total. The number of fused-ring (bicyclic) bond motifs is 1. The standard InChI is InChI=1S/C21H23N3O2/c1-14-17-12-16(26-2)8-9-18(17)23-20(14)21(25)24-11-4-3-7-19(24)15-6-5-10-22-13-15/h5-6,8-10,12-13,19,23H,3-4,7,11H2,1-2H3/t19-/m0/s1. The lowest BCUT2D eigenvalue weighted by molar-refractivity contribution is 0.0605. The van der Waals surface area contributed by atoms with Gasteiger partial charge in [-0.3, -0.25) is 9.78 Å². The van der Waals surface area contributed by atoms with Gasteiger partial charge in [0.15, 0.2) is 0 Å². The SMILES string of the molecule is COc1ccc2[nH]c(C(=O)N3CCCC[C@H]3c3cccnc3)c(C)c2c1. The number of likely N-dealkylation sites (tertiary alicyclic amines) is 1. The molecule has 1 aliphatic rings. The molecule has 0 saturated carbocycles. The number of H-pyrrole nitrogens is 1. The molecule has 1 amide bonds. The first-order valence-electron chi connectivity index (χ1n) is 9.06. The van der Waals surface area contributed by atoms with Gasteiger partial charge in [0.05, 0.1) is 13.2 Å². The summed E-state index contributed by atoms with van der Waals surface area (Å²) < 4.78 is 5.32. The highest BCUT2D eigenvalue weighted by Gasteiger charge is 2.30. The number of aryl methyl sites for hydroxylation is 1. The van der Waals surface area contributed by atoms with Crippen LogP contribution in [-0.4, -0.2) is 34.4 Å². The van der Waals surface area contributed by atoms with Crippen molar-refractivity contribution in [2.24, 2.45) is 0 Å². The van der Waals surface area contributed by atoms with E-state index >= 15 is 0 Å². The second kappa shape index (κ2) is 6.83. The van der Waals surface area contributed by atoms with E-state index in [4.69, 9.17) is 4.74 Å². The van der Waals surface area contributed by atoms with Gasteiger partial charge in [0, 0.05) is 29.8 Å². The molecule has 3 aromatic rings. The first-order valence-corrected chi connectivity index (χ1v) is 9.06. The molecule has 1 atom stereocenters.